The van der Waals surface area contributed by atoms with Gasteiger partial charge in [0.25, 0.3) is 5.56 Å². The maximum absolute atomic E-state index is 13.1. The molecule has 36 heavy (non-hydrogen) atoms. The second-order valence-corrected chi connectivity index (χ2v) is 12.0. The van der Waals surface area contributed by atoms with Gasteiger partial charge in [-0.3, -0.25) is 9.36 Å². The third-order valence-corrected chi connectivity index (χ3v) is 9.34. The molecule has 6 rings (SSSR count). The number of nitrogens with one attached hydrogen (secondary N) is 3. The van der Waals surface area contributed by atoms with Crippen LogP contribution in [0.4, 0.5) is 5.69 Å². The quantitative estimate of drug-likeness (QED) is 0.364. The number of H-pyrrole nitrogens is 1. The van der Waals surface area contributed by atoms with E-state index < -0.39 is 5.69 Å². The molecule has 0 aliphatic heterocycles. The summed E-state index contributed by atoms with van der Waals surface area (Å²) in [6.45, 7) is 7.28. The average molecular weight is 546 g/mol. The first kappa shape index (κ1) is 25.3. The van der Waals surface area contributed by atoms with Crippen LogP contribution in [-0.2, 0) is 13.0 Å². The molecular formula is C27H30Cl2N4O2S. The number of aryl methyl sites for hydroxylation is 1. The highest BCUT2D eigenvalue weighted by Gasteiger charge is 2.56. The molecule has 1 heterocycles. The average Bonchev–Trinajstić information content (AvgIpc) is 2.80. The minimum atomic E-state index is -0.465. The Hall–Kier alpha value is -2.35. The van der Waals surface area contributed by atoms with Crippen LogP contribution in [0.1, 0.15) is 39.2 Å². The van der Waals surface area contributed by atoms with Gasteiger partial charge < -0.3 is 15.6 Å². The maximum atomic E-state index is 13.1. The number of thiocarbonyl (C=S) groups is 1. The van der Waals surface area contributed by atoms with E-state index in [0.717, 1.165) is 29.5 Å². The lowest BCUT2D eigenvalue weighted by Gasteiger charge is -2.62. The molecule has 6 nitrogen and oxygen atoms in total. The number of hydrogen-bond donors (Lipinski definition) is 3. The highest BCUT2D eigenvalue weighted by Crippen LogP contribution is 2.61. The van der Waals surface area contributed by atoms with Gasteiger partial charge in [0.15, 0.2) is 5.11 Å². The van der Waals surface area contributed by atoms with Crippen molar-refractivity contribution in [2.24, 2.45) is 23.2 Å². The smallest absolute Gasteiger partial charge is 0.328 e. The second-order valence-electron chi connectivity index (χ2n) is 10.8. The van der Waals surface area contributed by atoms with Gasteiger partial charge in [-0.25, -0.2) is 4.79 Å². The molecule has 2 aromatic carbocycles. The number of nitrogens with zero attached hydrogens (tertiary/aromatic N) is 1. The Morgan fingerprint density at radius 1 is 1.17 bits per heavy atom. The molecule has 9 heteroatoms. The van der Waals surface area contributed by atoms with Crippen molar-refractivity contribution in [3.63, 3.8) is 0 Å². The predicted octanol–water partition coefficient (Wildman–Crippen LogP) is 5.60. The molecule has 0 saturated heterocycles. The topological polar surface area (TPSA) is 78.9 Å². The number of fused-ring (bicyclic) bond motifs is 3. The summed E-state index contributed by atoms with van der Waals surface area (Å²) in [5.41, 5.74) is 1.62. The highest BCUT2D eigenvalue weighted by atomic mass is 35.5. The Bertz CT molecular complexity index is 1460. The van der Waals surface area contributed by atoms with Crippen LogP contribution in [0.3, 0.4) is 0 Å². The molecule has 0 amide bonds. The summed E-state index contributed by atoms with van der Waals surface area (Å²) in [7, 11) is 0. The molecule has 2 bridgehead atoms. The van der Waals surface area contributed by atoms with Crippen LogP contribution < -0.4 is 21.9 Å². The number of rotatable bonds is 5. The molecule has 0 spiro atoms. The third kappa shape index (κ3) is 4.57. The summed E-state index contributed by atoms with van der Waals surface area (Å²) in [6.07, 6.45) is 2.87. The largest absolute Gasteiger partial charge is 0.359 e. The number of aromatic amines is 1. The number of hydrogen-bond acceptors (Lipinski definition) is 3. The van der Waals surface area contributed by atoms with Crippen molar-refractivity contribution in [3.05, 3.63) is 72.8 Å². The first-order chi connectivity index (χ1) is 17.0. The normalized spacial score (nSPS) is 24.2. The van der Waals surface area contributed by atoms with Crippen molar-refractivity contribution in [1.82, 2.24) is 14.9 Å². The number of aromatic nitrogens is 2. The fourth-order valence-electron chi connectivity index (χ4n) is 6.17. The molecule has 3 saturated carbocycles. The van der Waals surface area contributed by atoms with Crippen LogP contribution in [0.25, 0.3) is 10.9 Å². The van der Waals surface area contributed by atoms with Crippen LogP contribution in [0, 0.1) is 23.2 Å². The van der Waals surface area contributed by atoms with Crippen molar-refractivity contribution >= 4 is 57.1 Å². The van der Waals surface area contributed by atoms with Gasteiger partial charge in [-0.15, -0.1) is 0 Å². The van der Waals surface area contributed by atoms with Gasteiger partial charge in [-0.05, 0) is 90.5 Å². The first-order valence-corrected chi connectivity index (χ1v) is 13.5. The molecule has 4 atom stereocenters. The lowest BCUT2D eigenvalue weighted by molar-refractivity contribution is -0.111. The molecular weight excluding hydrogens is 515 g/mol. The number of halogens is 2. The van der Waals surface area contributed by atoms with E-state index in [1.165, 1.54) is 11.0 Å². The van der Waals surface area contributed by atoms with Crippen molar-refractivity contribution in [2.45, 2.75) is 52.6 Å². The molecule has 3 aromatic rings. The van der Waals surface area contributed by atoms with Gasteiger partial charge in [0.1, 0.15) is 0 Å². The second kappa shape index (κ2) is 9.51. The minimum absolute atomic E-state index is 0.206. The minimum Gasteiger partial charge on any atom is -0.359 e. The standard InChI is InChI=1S/C27H30Cl2N4O2S/c1-14-20-10-16(27(20,2)3)11-22(14)31-25(36)30-18-6-7-19-23(13-18)32-26(35)33(24(19)34)9-8-15-4-5-17(28)12-21(15)29/h4-7,12-14,16,20,22H,8-11H2,1-3H3,(H,32,35)(H2,30,31,36)/t14-,16+,20-,22+/m1/s1. The molecule has 0 unspecified atom stereocenters. The Morgan fingerprint density at radius 3 is 2.64 bits per heavy atom. The van der Waals surface area contributed by atoms with E-state index in [-0.39, 0.29) is 12.1 Å². The molecule has 1 aromatic heterocycles. The highest BCUT2D eigenvalue weighted by molar-refractivity contribution is 7.80. The Balaban J connectivity index is 1.28. The Kier molecular flexibility index (Phi) is 6.68. The first-order valence-electron chi connectivity index (χ1n) is 12.3. The lowest BCUT2D eigenvalue weighted by atomic mass is 9.45. The zero-order chi connectivity index (χ0) is 25.8. The van der Waals surface area contributed by atoms with Gasteiger partial charge in [-0.2, -0.15) is 0 Å². The van der Waals surface area contributed by atoms with Crippen molar-refractivity contribution in [2.75, 3.05) is 5.32 Å². The fourth-order valence-corrected chi connectivity index (χ4v) is 6.94. The molecule has 3 aliphatic carbocycles. The monoisotopic (exact) mass is 544 g/mol. The van der Waals surface area contributed by atoms with E-state index in [1.54, 1.807) is 36.4 Å². The number of anilines is 1. The van der Waals surface area contributed by atoms with Crippen molar-refractivity contribution in [3.8, 4) is 0 Å². The predicted molar refractivity (Wildman–Crippen MR) is 151 cm³/mol. The van der Waals surface area contributed by atoms with Crippen molar-refractivity contribution < 1.29 is 0 Å². The lowest BCUT2D eigenvalue weighted by Crippen LogP contribution is -2.61. The van der Waals surface area contributed by atoms with Crippen LogP contribution in [0.15, 0.2) is 46.0 Å². The number of benzene rings is 2. The van der Waals surface area contributed by atoms with Crippen LogP contribution in [0.5, 0.6) is 0 Å². The fraction of sp³-hybridized carbons (Fsp3) is 0.444. The summed E-state index contributed by atoms with van der Waals surface area (Å²) in [4.78, 5) is 28.6. The zero-order valence-corrected chi connectivity index (χ0v) is 22.9. The molecule has 3 fully saturated rings. The van der Waals surface area contributed by atoms with Gasteiger partial charge >= 0.3 is 5.69 Å². The van der Waals surface area contributed by atoms with E-state index in [4.69, 9.17) is 35.4 Å². The van der Waals surface area contributed by atoms with E-state index in [2.05, 4.69) is 36.4 Å². The van der Waals surface area contributed by atoms with Gasteiger partial charge in [0, 0.05) is 28.3 Å². The van der Waals surface area contributed by atoms with Crippen LogP contribution >= 0.6 is 35.4 Å². The molecule has 190 valence electrons. The van der Waals surface area contributed by atoms with Crippen LogP contribution in [-0.4, -0.2) is 20.7 Å². The van der Waals surface area contributed by atoms with Crippen molar-refractivity contribution in [1.29, 1.82) is 0 Å². The summed E-state index contributed by atoms with van der Waals surface area (Å²) in [6, 6.07) is 10.8. The Labute approximate surface area is 225 Å². The summed E-state index contributed by atoms with van der Waals surface area (Å²) in [5.74, 6) is 2.02. The Morgan fingerprint density at radius 2 is 1.94 bits per heavy atom. The molecule has 3 N–H and O–H groups in total. The van der Waals surface area contributed by atoms with Gasteiger partial charge in [0.2, 0.25) is 0 Å². The van der Waals surface area contributed by atoms with Gasteiger partial charge in [0.05, 0.1) is 10.9 Å². The van der Waals surface area contributed by atoms with Crippen LogP contribution in [0.2, 0.25) is 10.0 Å². The maximum Gasteiger partial charge on any atom is 0.328 e. The van der Waals surface area contributed by atoms with Gasteiger partial charge in [-0.1, -0.05) is 50.0 Å². The van der Waals surface area contributed by atoms with E-state index in [9.17, 15) is 9.59 Å². The molecule has 0 radical (unpaired) electrons. The summed E-state index contributed by atoms with van der Waals surface area (Å²) >= 11 is 17.8. The summed E-state index contributed by atoms with van der Waals surface area (Å²) < 4.78 is 1.20. The van der Waals surface area contributed by atoms with E-state index in [1.807, 2.05) is 0 Å². The van der Waals surface area contributed by atoms with E-state index >= 15 is 0 Å². The SMILES string of the molecule is C[C@H]1[C@@H](NC(=S)Nc2ccc3c(=O)n(CCc4ccc(Cl)cc4Cl)c(=O)[nH]c3c2)C[C@@H]2C[C@H]1C2(C)C. The zero-order valence-electron chi connectivity index (χ0n) is 20.5. The van der Waals surface area contributed by atoms with E-state index in [0.29, 0.717) is 49.9 Å². The summed E-state index contributed by atoms with van der Waals surface area (Å²) in [5, 5.41) is 8.77. The third-order valence-electron chi connectivity index (χ3n) is 8.53. The molecule has 3 aliphatic rings.